The lowest BCUT2D eigenvalue weighted by Crippen LogP contribution is -2.10. The van der Waals surface area contributed by atoms with Crippen molar-refractivity contribution in [2.75, 3.05) is 14.1 Å². The second-order valence-corrected chi connectivity index (χ2v) is 9.15. The Morgan fingerprint density at radius 1 is 0.917 bits per heavy atom. The van der Waals surface area contributed by atoms with Gasteiger partial charge in [0.25, 0.3) is 0 Å². The summed E-state index contributed by atoms with van der Waals surface area (Å²) in [5.74, 6) is -0.624. The van der Waals surface area contributed by atoms with Crippen molar-refractivity contribution < 1.29 is 9.50 Å². The van der Waals surface area contributed by atoms with Crippen molar-refractivity contribution in [3.8, 4) is 39.4 Å². The highest BCUT2D eigenvalue weighted by atomic mass is 19.1. The minimum Gasteiger partial charge on any atom is -0.508 e. The van der Waals surface area contributed by atoms with Crippen LogP contribution in [0.3, 0.4) is 0 Å². The topological polar surface area (TPSA) is 93.7 Å². The molecule has 0 spiro atoms. The number of nitrogens with one attached hydrogen (secondary N) is 2. The molecule has 36 heavy (non-hydrogen) atoms. The van der Waals surface area contributed by atoms with Crippen molar-refractivity contribution in [1.82, 2.24) is 30.0 Å². The number of benzene rings is 2. The molecular formula is C28H23FN6O. The number of hydrogen-bond acceptors (Lipinski definition) is 5. The van der Waals surface area contributed by atoms with Crippen molar-refractivity contribution in [3.05, 3.63) is 84.6 Å². The Balaban J connectivity index is 1.45. The molecule has 0 bridgehead atoms. The van der Waals surface area contributed by atoms with E-state index in [2.05, 4.69) is 48.2 Å². The molecule has 4 heterocycles. The lowest BCUT2D eigenvalue weighted by Gasteiger charge is -2.10. The molecule has 0 saturated heterocycles. The van der Waals surface area contributed by atoms with Crippen molar-refractivity contribution in [3.63, 3.8) is 0 Å². The lowest BCUT2D eigenvalue weighted by molar-refractivity contribution is 0.402. The van der Waals surface area contributed by atoms with E-state index in [1.165, 1.54) is 6.07 Å². The molecule has 0 radical (unpaired) electrons. The Labute approximate surface area is 206 Å². The fraction of sp³-hybridized carbons (Fsp3) is 0.107. The molecule has 0 aliphatic carbocycles. The minimum absolute atomic E-state index is 0.124. The van der Waals surface area contributed by atoms with Gasteiger partial charge >= 0.3 is 0 Å². The van der Waals surface area contributed by atoms with Gasteiger partial charge in [-0.2, -0.15) is 5.10 Å². The maximum Gasteiger partial charge on any atom is 0.138 e. The van der Waals surface area contributed by atoms with E-state index in [9.17, 15) is 9.50 Å². The largest absolute Gasteiger partial charge is 0.508 e. The molecule has 178 valence electrons. The predicted molar refractivity (Wildman–Crippen MR) is 139 cm³/mol. The monoisotopic (exact) mass is 478 g/mol. The van der Waals surface area contributed by atoms with E-state index in [1.54, 1.807) is 12.3 Å². The number of halogens is 1. The van der Waals surface area contributed by atoms with Crippen LogP contribution in [0.15, 0.2) is 73.2 Å². The van der Waals surface area contributed by atoms with E-state index in [0.717, 1.165) is 62.5 Å². The Bertz CT molecular complexity index is 1720. The summed E-state index contributed by atoms with van der Waals surface area (Å²) in [6.07, 6.45) is 5.42. The molecule has 0 atom stereocenters. The number of fused-ring (bicyclic) bond motifs is 2. The summed E-state index contributed by atoms with van der Waals surface area (Å²) in [5, 5.41) is 19.4. The first kappa shape index (κ1) is 21.9. The number of phenols is 1. The first-order valence-electron chi connectivity index (χ1n) is 11.5. The third kappa shape index (κ3) is 3.97. The van der Waals surface area contributed by atoms with Gasteiger partial charge in [0.15, 0.2) is 0 Å². The Hall–Kier alpha value is -4.56. The summed E-state index contributed by atoms with van der Waals surface area (Å²) in [4.78, 5) is 14.4. The zero-order valence-electron chi connectivity index (χ0n) is 19.7. The zero-order chi connectivity index (χ0) is 24.8. The molecule has 0 unspecified atom stereocenters. The van der Waals surface area contributed by atoms with Gasteiger partial charge < -0.3 is 15.0 Å². The van der Waals surface area contributed by atoms with Crippen LogP contribution in [0.4, 0.5) is 4.39 Å². The molecule has 0 fully saturated rings. The number of H-pyrrole nitrogens is 2. The standard InChI is InChI=1S/C28H23FN6O/c1-35(2)15-16-7-19(14-30-13-16)17-3-4-25-24(10-17)27(34-33-25)26-12-23-22(5-6-31-28(23)32-26)18-8-20(29)11-21(36)9-18/h3-14,36H,15H2,1-2H3,(H,31,32)(H,33,34). The normalized spacial score (nSPS) is 11.7. The van der Waals surface area contributed by atoms with Crippen LogP contribution in [0.25, 0.3) is 55.6 Å². The van der Waals surface area contributed by atoms with Gasteiger partial charge in [-0.1, -0.05) is 6.07 Å². The highest BCUT2D eigenvalue weighted by Crippen LogP contribution is 2.35. The van der Waals surface area contributed by atoms with Crippen molar-refractivity contribution >= 4 is 21.9 Å². The van der Waals surface area contributed by atoms with Gasteiger partial charge in [-0.25, -0.2) is 9.37 Å². The summed E-state index contributed by atoms with van der Waals surface area (Å²) in [6.45, 7) is 0.813. The number of nitrogens with zero attached hydrogens (tertiary/aromatic N) is 4. The molecular weight excluding hydrogens is 455 g/mol. The molecule has 4 aromatic heterocycles. The van der Waals surface area contributed by atoms with Gasteiger partial charge in [-0.05, 0) is 78.8 Å². The SMILES string of the molecule is CN(C)Cc1cncc(-c2ccc3[nH]nc(-c4cc5c(-c6cc(O)cc(F)c6)ccnc5[nH]4)c3c2)c1. The van der Waals surface area contributed by atoms with E-state index in [0.29, 0.717) is 11.2 Å². The predicted octanol–water partition coefficient (Wildman–Crippen LogP) is 5.74. The molecule has 0 saturated carbocycles. The third-order valence-electron chi connectivity index (χ3n) is 6.17. The average Bonchev–Trinajstić information content (AvgIpc) is 3.46. The molecule has 2 aromatic carbocycles. The molecule has 0 aliphatic rings. The number of phenolic OH excluding ortho intramolecular Hbond substituents is 1. The van der Waals surface area contributed by atoms with E-state index < -0.39 is 5.82 Å². The first-order valence-corrected chi connectivity index (χ1v) is 11.5. The Kier molecular flexibility index (Phi) is 5.23. The van der Waals surface area contributed by atoms with Crippen LogP contribution in [0.5, 0.6) is 5.75 Å². The van der Waals surface area contributed by atoms with Gasteiger partial charge in [0, 0.05) is 47.5 Å². The number of rotatable bonds is 5. The maximum absolute atomic E-state index is 14.0. The second-order valence-electron chi connectivity index (χ2n) is 9.15. The molecule has 8 heteroatoms. The molecule has 0 aliphatic heterocycles. The summed E-state index contributed by atoms with van der Waals surface area (Å²) >= 11 is 0. The van der Waals surface area contributed by atoms with E-state index in [1.807, 2.05) is 44.7 Å². The van der Waals surface area contributed by atoms with Crippen molar-refractivity contribution in [2.24, 2.45) is 0 Å². The highest BCUT2D eigenvalue weighted by molar-refractivity contribution is 6.00. The molecule has 0 amide bonds. The number of aromatic amines is 2. The highest BCUT2D eigenvalue weighted by Gasteiger charge is 2.16. The minimum atomic E-state index is -0.499. The quantitative estimate of drug-likeness (QED) is 0.294. The van der Waals surface area contributed by atoms with Crippen LogP contribution in [0.2, 0.25) is 0 Å². The van der Waals surface area contributed by atoms with Crippen LogP contribution >= 0.6 is 0 Å². The van der Waals surface area contributed by atoms with Crippen molar-refractivity contribution in [2.45, 2.75) is 6.54 Å². The number of hydrogen-bond donors (Lipinski definition) is 3. The summed E-state index contributed by atoms with van der Waals surface area (Å²) in [5.41, 5.74) is 7.67. The second kappa shape index (κ2) is 8.58. The molecule has 3 N–H and O–H groups in total. The number of pyridine rings is 2. The summed E-state index contributed by atoms with van der Waals surface area (Å²) in [7, 11) is 4.07. The van der Waals surface area contributed by atoms with E-state index in [4.69, 9.17) is 0 Å². The molecule has 7 nitrogen and oxygen atoms in total. The average molecular weight is 479 g/mol. The third-order valence-corrected chi connectivity index (χ3v) is 6.17. The van der Waals surface area contributed by atoms with Crippen LogP contribution in [0.1, 0.15) is 5.56 Å². The van der Waals surface area contributed by atoms with Gasteiger partial charge in [-0.15, -0.1) is 0 Å². The van der Waals surface area contributed by atoms with Gasteiger partial charge in [0.05, 0.1) is 11.2 Å². The van der Waals surface area contributed by atoms with Crippen LogP contribution in [0, 0.1) is 5.82 Å². The van der Waals surface area contributed by atoms with Gasteiger partial charge in [-0.3, -0.25) is 10.1 Å². The number of aromatic hydroxyl groups is 1. The van der Waals surface area contributed by atoms with E-state index in [-0.39, 0.29) is 5.75 Å². The molecule has 6 aromatic rings. The van der Waals surface area contributed by atoms with Gasteiger partial charge in [0.1, 0.15) is 22.9 Å². The van der Waals surface area contributed by atoms with Crippen LogP contribution in [-0.4, -0.2) is 49.3 Å². The Morgan fingerprint density at radius 2 is 1.81 bits per heavy atom. The van der Waals surface area contributed by atoms with Crippen LogP contribution < -0.4 is 0 Å². The fourth-order valence-corrected chi connectivity index (χ4v) is 4.63. The first-order chi connectivity index (χ1) is 17.4. The Morgan fingerprint density at radius 3 is 2.64 bits per heavy atom. The fourth-order valence-electron chi connectivity index (χ4n) is 4.63. The summed E-state index contributed by atoms with van der Waals surface area (Å²) in [6, 6.07) is 16.1. The number of aromatic nitrogens is 5. The summed E-state index contributed by atoms with van der Waals surface area (Å²) < 4.78 is 14.0. The molecule has 6 rings (SSSR count). The zero-order valence-corrected chi connectivity index (χ0v) is 19.7. The smallest absolute Gasteiger partial charge is 0.138 e. The van der Waals surface area contributed by atoms with E-state index >= 15 is 0 Å². The van der Waals surface area contributed by atoms with Crippen LogP contribution in [-0.2, 0) is 6.54 Å². The van der Waals surface area contributed by atoms with Crippen molar-refractivity contribution in [1.29, 1.82) is 0 Å². The lowest BCUT2D eigenvalue weighted by atomic mass is 10.0. The van der Waals surface area contributed by atoms with Gasteiger partial charge in [0.2, 0.25) is 0 Å². The maximum atomic E-state index is 14.0.